The molecular weight excluding hydrogens is 196 g/mol. The molecule has 0 bridgehead atoms. The minimum absolute atomic E-state index is 0.434. The van der Waals surface area contributed by atoms with Gasteiger partial charge in [-0.15, -0.1) is 11.6 Å². The van der Waals surface area contributed by atoms with E-state index in [4.69, 9.17) is 11.6 Å². The first kappa shape index (κ1) is 9.91. The topological polar surface area (TPSA) is 25.8 Å². The highest BCUT2D eigenvalue weighted by atomic mass is 35.5. The lowest BCUT2D eigenvalue weighted by Gasteiger charge is -2.10. The summed E-state index contributed by atoms with van der Waals surface area (Å²) in [6, 6.07) is 0. The van der Waals surface area contributed by atoms with Crippen LogP contribution in [0.4, 0.5) is 0 Å². The number of hydrogen-bond acceptors (Lipinski definition) is 2. The Balaban J connectivity index is 2.35. The van der Waals surface area contributed by atoms with Crippen LogP contribution in [0.15, 0.2) is 6.20 Å². The van der Waals surface area contributed by atoms with E-state index in [9.17, 15) is 0 Å². The molecule has 1 aromatic rings. The lowest BCUT2D eigenvalue weighted by Crippen LogP contribution is -2.04. The van der Waals surface area contributed by atoms with Crippen LogP contribution in [0.3, 0.4) is 0 Å². The molecule has 0 spiro atoms. The summed E-state index contributed by atoms with van der Waals surface area (Å²) in [6.07, 6.45) is 4.39. The summed E-state index contributed by atoms with van der Waals surface area (Å²) < 4.78 is 0. The Morgan fingerprint density at radius 1 is 1.50 bits per heavy atom. The van der Waals surface area contributed by atoms with Crippen LogP contribution < -0.4 is 0 Å². The van der Waals surface area contributed by atoms with E-state index in [0.717, 1.165) is 17.1 Å². The molecule has 0 amide bonds. The van der Waals surface area contributed by atoms with Gasteiger partial charge >= 0.3 is 0 Å². The van der Waals surface area contributed by atoms with Crippen molar-refractivity contribution < 1.29 is 0 Å². The van der Waals surface area contributed by atoms with Crippen LogP contribution >= 0.6 is 11.6 Å². The summed E-state index contributed by atoms with van der Waals surface area (Å²) in [4.78, 5) is 8.97. The normalized spacial score (nSPS) is 16.3. The fourth-order valence-corrected chi connectivity index (χ4v) is 1.78. The van der Waals surface area contributed by atoms with Crippen LogP contribution in [0.1, 0.15) is 55.6 Å². The summed E-state index contributed by atoms with van der Waals surface area (Å²) in [5.41, 5.74) is 2.20. The van der Waals surface area contributed by atoms with Crippen LogP contribution in [-0.4, -0.2) is 9.97 Å². The molecule has 1 saturated carbocycles. The second-order valence-corrected chi connectivity index (χ2v) is 4.47. The Bertz CT molecular complexity index is 332. The zero-order chi connectivity index (χ0) is 10.1. The molecule has 0 unspecified atom stereocenters. The van der Waals surface area contributed by atoms with Crippen molar-refractivity contribution in [3.63, 3.8) is 0 Å². The first-order valence-corrected chi connectivity index (χ1v) is 5.67. The molecule has 0 N–H and O–H groups in total. The van der Waals surface area contributed by atoms with Crippen molar-refractivity contribution in [1.82, 2.24) is 9.97 Å². The molecule has 2 nitrogen and oxygen atoms in total. The van der Waals surface area contributed by atoms with Crippen LogP contribution in [0, 0.1) is 0 Å². The fraction of sp³-hybridized carbons (Fsp3) is 0.636. The molecule has 3 heteroatoms. The van der Waals surface area contributed by atoms with E-state index in [1.165, 1.54) is 12.8 Å². The summed E-state index contributed by atoms with van der Waals surface area (Å²) in [5, 5.41) is 0. The number of halogens is 1. The molecule has 0 atom stereocenters. The minimum Gasteiger partial charge on any atom is -0.241 e. The third-order valence-electron chi connectivity index (χ3n) is 2.55. The van der Waals surface area contributed by atoms with Gasteiger partial charge in [0.25, 0.3) is 0 Å². The Hall–Kier alpha value is -0.630. The summed E-state index contributed by atoms with van der Waals surface area (Å²) in [5.74, 6) is 2.59. The maximum atomic E-state index is 5.84. The zero-order valence-electron chi connectivity index (χ0n) is 8.63. The molecule has 1 fully saturated rings. The Morgan fingerprint density at radius 2 is 2.21 bits per heavy atom. The molecule has 76 valence electrons. The molecular formula is C11H15ClN2. The smallest absolute Gasteiger partial charge is 0.131 e. The maximum absolute atomic E-state index is 5.84. The highest BCUT2D eigenvalue weighted by Gasteiger charge is 2.27. The molecule has 0 saturated heterocycles. The van der Waals surface area contributed by atoms with Gasteiger partial charge in [0.2, 0.25) is 0 Å². The number of nitrogens with zero attached hydrogens (tertiary/aromatic N) is 2. The monoisotopic (exact) mass is 210 g/mol. The van der Waals surface area contributed by atoms with E-state index in [2.05, 4.69) is 23.8 Å². The molecule has 1 aliphatic carbocycles. The third-order valence-corrected chi connectivity index (χ3v) is 2.84. The molecule has 0 aliphatic heterocycles. The van der Waals surface area contributed by atoms with E-state index in [-0.39, 0.29) is 0 Å². The van der Waals surface area contributed by atoms with Crippen LogP contribution in [0.25, 0.3) is 0 Å². The SMILES string of the molecule is CC(C)c1nc(C2CC2)ncc1CCl. The van der Waals surface area contributed by atoms with Crippen molar-refractivity contribution >= 4 is 11.6 Å². The quantitative estimate of drug-likeness (QED) is 0.716. The number of aromatic nitrogens is 2. The van der Waals surface area contributed by atoms with Gasteiger partial charge in [-0.3, -0.25) is 0 Å². The van der Waals surface area contributed by atoms with Gasteiger partial charge in [0.15, 0.2) is 0 Å². The van der Waals surface area contributed by atoms with Crippen molar-refractivity contribution in [2.24, 2.45) is 0 Å². The second kappa shape index (κ2) is 3.85. The summed E-state index contributed by atoms with van der Waals surface area (Å²) >= 11 is 5.84. The van der Waals surface area contributed by atoms with E-state index < -0.39 is 0 Å². The first-order valence-electron chi connectivity index (χ1n) is 5.14. The lowest BCUT2D eigenvalue weighted by atomic mass is 10.1. The van der Waals surface area contributed by atoms with E-state index in [1.807, 2.05) is 6.20 Å². The van der Waals surface area contributed by atoms with Crippen molar-refractivity contribution in [2.75, 3.05) is 0 Å². The largest absolute Gasteiger partial charge is 0.241 e. The molecule has 1 aliphatic rings. The predicted molar refractivity (Wildman–Crippen MR) is 57.7 cm³/mol. The van der Waals surface area contributed by atoms with Gasteiger partial charge in [0, 0.05) is 17.7 Å². The second-order valence-electron chi connectivity index (χ2n) is 4.20. The van der Waals surface area contributed by atoms with Crippen molar-refractivity contribution in [1.29, 1.82) is 0 Å². The Morgan fingerprint density at radius 3 is 2.71 bits per heavy atom. The lowest BCUT2D eigenvalue weighted by molar-refractivity contribution is 0.769. The Kier molecular flexibility index (Phi) is 2.73. The highest BCUT2D eigenvalue weighted by molar-refractivity contribution is 6.17. The van der Waals surface area contributed by atoms with E-state index in [0.29, 0.717) is 17.7 Å². The molecule has 1 heterocycles. The van der Waals surface area contributed by atoms with E-state index in [1.54, 1.807) is 0 Å². The van der Waals surface area contributed by atoms with E-state index >= 15 is 0 Å². The fourth-order valence-electron chi connectivity index (χ4n) is 1.58. The average Bonchev–Trinajstić information content (AvgIpc) is 3.00. The first-order chi connectivity index (χ1) is 6.72. The van der Waals surface area contributed by atoms with Gasteiger partial charge in [-0.1, -0.05) is 13.8 Å². The van der Waals surface area contributed by atoms with Gasteiger partial charge in [-0.2, -0.15) is 0 Å². The maximum Gasteiger partial charge on any atom is 0.131 e. The molecule has 14 heavy (non-hydrogen) atoms. The van der Waals surface area contributed by atoms with Gasteiger partial charge in [-0.25, -0.2) is 9.97 Å². The molecule has 0 radical (unpaired) electrons. The van der Waals surface area contributed by atoms with Gasteiger partial charge in [0.05, 0.1) is 11.6 Å². The zero-order valence-corrected chi connectivity index (χ0v) is 9.38. The minimum atomic E-state index is 0.434. The third kappa shape index (κ3) is 1.90. The summed E-state index contributed by atoms with van der Waals surface area (Å²) in [7, 11) is 0. The number of hydrogen-bond donors (Lipinski definition) is 0. The summed E-state index contributed by atoms with van der Waals surface area (Å²) in [6.45, 7) is 4.30. The average molecular weight is 211 g/mol. The number of rotatable bonds is 3. The number of alkyl halides is 1. The standard InChI is InChI=1S/C11H15ClN2/c1-7(2)10-9(5-12)6-13-11(14-10)8-3-4-8/h6-8H,3-5H2,1-2H3. The van der Waals surface area contributed by atoms with Gasteiger partial charge in [0.1, 0.15) is 5.82 Å². The van der Waals surface area contributed by atoms with Crippen molar-refractivity contribution in [3.05, 3.63) is 23.3 Å². The molecule has 0 aromatic carbocycles. The Labute approximate surface area is 89.7 Å². The van der Waals surface area contributed by atoms with Gasteiger partial charge < -0.3 is 0 Å². The van der Waals surface area contributed by atoms with Crippen LogP contribution in [0.5, 0.6) is 0 Å². The molecule has 1 aromatic heterocycles. The van der Waals surface area contributed by atoms with Crippen LogP contribution in [0.2, 0.25) is 0 Å². The van der Waals surface area contributed by atoms with Crippen molar-refractivity contribution in [2.45, 2.75) is 44.4 Å². The molecule has 2 rings (SSSR count). The predicted octanol–water partition coefficient (Wildman–Crippen LogP) is 3.22. The highest BCUT2D eigenvalue weighted by Crippen LogP contribution is 2.38. The van der Waals surface area contributed by atoms with Gasteiger partial charge in [-0.05, 0) is 18.8 Å². The van der Waals surface area contributed by atoms with Crippen LogP contribution in [-0.2, 0) is 5.88 Å². The van der Waals surface area contributed by atoms with Crippen molar-refractivity contribution in [3.8, 4) is 0 Å².